The Balaban J connectivity index is 0.000000763. The lowest BCUT2D eigenvalue weighted by Crippen LogP contribution is -2.38. The van der Waals surface area contributed by atoms with Gasteiger partial charge in [0, 0.05) is 17.6 Å². The number of aromatic hydroxyl groups is 1. The fourth-order valence-corrected chi connectivity index (χ4v) is 1.48. The van der Waals surface area contributed by atoms with Crippen molar-refractivity contribution in [3.63, 3.8) is 0 Å². The summed E-state index contributed by atoms with van der Waals surface area (Å²) in [5, 5.41) is 31.8. The first kappa shape index (κ1) is 20.8. The molecule has 0 heterocycles. The molecule has 0 amide bonds. The van der Waals surface area contributed by atoms with Crippen molar-refractivity contribution in [3.05, 3.63) is 29.3 Å². The lowest BCUT2D eigenvalue weighted by molar-refractivity contribution is 0.159. The van der Waals surface area contributed by atoms with Crippen LogP contribution in [0.4, 0.5) is 0 Å². The second-order valence-corrected chi connectivity index (χ2v) is 6.54. The van der Waals surface area contributed by atoms with E-state index in [2.05, 4.69) is 5.32 Å². The predicted molar refractivity (Wildman–Crippen MR) is 80.9 cm³/mol. The molecule has 1 rings (SSSR count). The second kappa shape index (κ2) is 8.42. The first-order valence-electron chi connectivity index (χ1n) is 6.39. The number of β-amino-alcohol motifs (C(OH)–C–C–N with tert-alkyl or cyclic N) is 1. The molecule has 1 aromatic carbocycles. The van der Waals surface area contributed by atoms with Crippen molar-refractivity contribution in [1.82, 2.24) is 5.32 Å². The van der Waals surface area contributed by atoms with Gasteiger partial charge in [-0.15, -0.1) is 0 Å². The van der Waals surface area contributed by atoms with E-state index in [0.717, 1.165) is 0 Å². The molecular weight excluding hydrogens is 314 g/mol. The van der Waals surface area contributed by atoms with Gasteiger partial charge in [0.15, 0.2) is 0 Å². The van der Waals surface area contributed by atoms with Crippen molar-refractivity contribution in [2.24, 2.45) is 0 Å². The monoisotopic (exact) mass is 337 g/mol. The molecule has 6 N–H and O–H groups in total. The molecule has 128 valence electrons. The smallest absolute Gasteiger partial charge is 0.394 e. The Kier molecular flexibility index (Phi) is 7.94. The van der Waals surface area contributed by atoms with E-state index in [1.165, 1.54) is 6.07 Å². The molecule has 0 aromatic heterocycles. The zero-order valence-electron chi connectivity index (χ0n) is 12.7. The predicted octanol–water partition coefficient (Wildman–Crippen LogP) is 0.653. The minimum atomic E-state index is -4.67. The highest BCUT2D eigenvalue weighted by molar-refractivity contribution is 7.79. The van der Waals surface area contributed by atoms with Gasteiger partial charge < -0.3 is 20.6 Å². The average Bonchev–Trinajstić information content (AvgIpc) is 2.33. The first-order chi connectivity index (χ1) is 9.83. The van der Waals surface area contributed by atoms with Gasteiger partial charge >= 0.3 is 10.4 Å². The molecule has 22 heavy (non-hydrogen) atoms. The first-order valence-corrected chi connectivity index (χ1v) is 7.79. The quantitative estimate of drug-likeness (QED) is 0.439. The average molecular weight is 337 g/mol. The minimum Gasteiger partial charge on any atom is -0.508 e. The summed E-state index contributed by atoms with van der Waals surface area (Å²) in [5.41, 5.74) is 1.02. The molecule has 0 saturated heterocycles. The van der Waals surface area contributed by atoms with Crippen LogP contribution < -0.4 is 5.32 Å². The molecule has 0 aliphatic heterocycles. The Hall–Kier alpha value is -1.23. The molecular formula is C13H23NO7S. The summed E-state index contributed by atoms with van der Waals surface area (Å²) in [6.45, 7) is 6.26. The van der Waals surface area contributed by atoms with Gasteiger partial charge in [0.2, 0.25) is 0 Å². The van der Waals surface area contributed by atoms with Crippen molar-refractivity contribution in [3.8, 4) is 5.75 Å². The van der Waals surface area contributed by atoms with Gasteiger partial charge in [0.05, 0.1) is 12.7 Å². The lowest BCUT2D eigenvalue weighted by atomic mass is 10.0. The maximum absolute atomic E-state index is 9.98. The van der Waals surface area contributed by atoms with Crippen LogP contribution in [0.3, 0.4) is 0 Å². The summed E-state index contributed by atoms with van der Waals surface area (Å²) in [7, 11) is -4.67. The summed E-state index contributed by atoms with van der Waals surface area (Å²) < 4.78 is 31.6. The van der Waals surface area contributed by atoms with Crippen molar-refractivity contribution in [2.75, 3.05) is 6.54 Å². The van der Waals surface area contributed by atoms with E-state index in [1.54, 1.807) is 12.1 Å². The normalized spacial score (nSPS) is 13.2. The number of phenols is 1. The highest BCUT2D eigenvalue weighted by atomic mass is 32.3. The van der Waals surface area contributed by atoms with Crippen LogP contribution in [0.5, 0.6) is 5.75 Å². The SMILES string of the molecule is CC(C)(C)NCC(O)c1cc(CO)ccc1O.O=S(=O)(O)O. The van der Waals surface area contributed by atoms with Gasteiger partial charge in [-0.1, -0.05) is 6.07 Å². The van der Waals surface area contributed by atoms with Crippen LogP contribution in [0.25, 0.3) is 0 Å². The van der Waals surface area contributed by atoms with E-state index in [0.29, 0.717) is 17.7 Å². The third kappa shape index (κ3) is 10.5. The molecule has 1 atom stereocenters. The molecule has 0 bridgehead atoms. The maximum atomic E-state index is 9.98. The van der Waals surface area contributed by atoms with Crippen LogP contribution in [0.2, 0.25) is 0 Å². The fourth-order valence-electron chi connectivity index (χ4n) is 1.48. The van der Waals surface area contributed by atoms with E-state index in [4.69, 9.17) is 22.6 Å². The lowest BCUT2D eigenvalue weighted by Gasteiger charge is -2.23. The van der Waals surface area contributed by atoms with Crippen molar-refractivity contribution >= 4 is 10.4 Å². The Morgan fingerprint density at radius 1 is 1.23 bits per heavy atom. The largest absolute Gasteiger partial charge is 0.508 e. The van der Waals surface area contributed by atoms with Crippen molar-refractivity contribution < 1.29 is 32.8 Å². The fraction of sp³-hybridized carbons (Fsp3) is 0.538. The van der Waals surface area contributed by atoms with E-state index in [1.807, 2.05) is 20.8 Å². The van der Waals surface area contributed by atoms with E-state index in [-0.39, 0.29) is 17.9 Å². The third-order valence-corrected chi connectivity index (χ3v) is 2.46. The number of aliphatic hydroxyl groups excluding tert-OH is 2. The second-order valence-electron chi connectivity index (χ2n) is 5.65. The molecule has 0 saturated carbocycles. The molecule has 1 aromatic rings. The van der Waals surface area contributed by atoms with Crippen LogP contribution in [-0.2, 0) is 17.0 Å². The number of phenolic OH excluding ortho intramolecular Hbond substituents is 1. The van der Waals surface area contributed by atoms with E-state index in [9.17, 15) is 10.2 Å². The van der Waals surface area contributed by atoms with Crippen LogP contribution in [0, 0.1) is 0 Å². The molecule has 0 spiro atoms. The molecule has 1 unspecified atom stereocenters. The van der Waals surface area contributed by atoms with Gasteiger partial charge in [-0.2, -0.15) is 8.42 Å². The molecule has 0 fully saturated rings. The van der Waals surface area contributed by atoms with E-state index < -0.39 is 16.5 Å². The molecule has 0 aliphatic rings. The van der Waals surface area contributed by atoms with E-state index >= 15 is 0 Å². The van der Waals surface area contributed by atoms with Crippen LogP contribution >= 0.6 is 0 Å². The maximum Gasteiger partial charge on any atom is 0.394 e. The number of hydrogen-bond acceptors (Lipinski definition) is 6. The number of hydrogen-bond donors (Lipinski definition) is 6. The highest BCUT2D eigenvalue weighted by Crippen LogP contribution is 2.25. The van der Waals surface area contributed by atoms with Crippen LogP contribution in [-0.4, -0.2) is 44.9 Å². The highest BCUT2D eigenvalue weighted by Gasteiger charge is 2.16. The summed E-state index contributed by atoms with van der Waals surface area (Å²) in [6.07, 6.45) is -0.791. The minimum absolute atomic E-state index is 0.0467. The zero-order valence-corrected chi connectivity index (χ0v) is 13.5. The topological polar surface area (TPSA) is 147 Å². The summed E-state index contributed by atoms with van der Waals surface area (Å²) in [6, 6.07) is 4.73. The summed E-state index contributed by atoms with van der Waals surface area (Å²) in [4.78, 5) is 0. The number of aliphatic hydroxyl groups is 2. The van der Waals surface area contributed by atoms with Crippen molar-refractivity contribution in [1.29, 1.82) is 0 Å². The summed E-state index contributed by atoms with van der Waals surface area (Å²) in [5.74, 6) is 0.0467. The summed E-state index contributed by atoms with van der Waals surface area (Å²) >= 11 is 0. The third-order valence-electron chi connectivity index (χ3n) is 2.46. The van der Waals surface area contributed by atoms with Gasteiger partial charge in [-0.25, -0.2) is 0 Å². The number of rotatable bonds is 4. The molecule has 9 heteroatoms. The van der Waals surface area contributed by atoms with Gasteiger partial charge in [-0.3, -0.25) is 9.11 Å². The van der Waals surface area contributed by atoms with Crippen LogP contribution in [0.1, 0.15) is 38.0 Å². The van der Waals surface area contributed by atoms with Gasteiger partial charge in [0.1, 0.15) is 5.75 Å². The Morgan fingerprint density at radius 3 is 2.14 bits per heavy atom. The molecule has 0 aliphatic carbocycles. The van der Waals surface area contributed by atoms with Gasteiger partial charge in [-0.05, 0) is 38.5 Å². The van der Waals surface area contributed by atoms with Crippen molar-refractivity contribution in [2.45, 2.75) is 39.0 Å². The zero-order chi connectivity index (χ0) is 17.6. The number of benzene rings is 1. The Bertz CT molecular complexity index is 558. The number of nitrogens with one attached hydrogen (secondary N) is 1. The van der Waals surface area contributed by atoms with Crippen LogP contribution in [0.15, 0.2) is 18.2 Å². The Labute approximate surface area is 130 Å². The standard InChI is InChI=1S/C13H21NO3.H2O4S/c1-13(2,3)14-7-12(17)10-6-9(8-15)4-5-11(10)16;1-5(2,3)4/h4-6,12,14-17H,7-8H2,1-3H3;(H2,1,2,3,4). The molecule has 0 radical (unpaired) electrons. The molecule has 8 nitrogen and oxygen atoms in total. The van der Waals surface area contributed by atoms with Gasteiger partial charge in [0.25, 0.3) is 0 Å². The Morgan fingerprint density at radius 2 is 1.73 bits per heavy atom.